The molecule has 26 heavy (non-hydrogen) atoms. The van der Waals surface area contributed by atoms with E-state index in [1.807, 2.05) is 0 Å². The zero-order valence-electron chi connectivity index (χ0n) is 14.3. The molecule has 144 valence electrons. The fourth-order valence-corrected chi connectivity index (χ4v) is 3.36. The van der Waals surface area contributed by atoms with E-state index < -0.39 is 47.7 Å². The molecular formula is C18H21F3O5. The third-order valence-electron chi connectivity index (χ3n) is 4.71. The quantitative estimate of drug-likeness (QED) is 0.743. The molecule has 1 fully saturated rings. The fourth-order valence-electron chi connectivity index (χ4n) is 3.36. The van der Waals surface area contributed by atoms with Crippen molar-refractivity contribution in [2.45, 2.75) is 43.6 Å². The number of methoxy groups -OCH3 is 1. The summed E-state index contributed by atoms with van der Waals surface area (Å²) >= 11 is 0. The molecule has 0 amide bonds. The van der Waals surface area contributed by atoms with Crippen LogP contribution in [0, 0.1) is 5.92 Å². The number of Topliss-reactive ketones (excluding diaryl/α,β-unsaturated/α-hetero) is 1. The van der Waals surface area contributed by atoms with Gasteiger partial charge >= 0.3 is 12.1 Å². The van der Waals surface area contributed by atoms with Gasteiger partial charge < -0.3 is 14.6 Å². The Morgan fingerprint density at radius 2 is 1.77 bits per heavy atom. The van der Waals surface area contributed by atoms with E-state index in [9.17, 15) is 22.8 Å². The second-order valence-electron chi connectivity index (χ2n) is 6.24. The van der Waals surface area contributed by atoms with Crippen LogP contribution in [0.2, 0.25) is 0 Å². The summed E-state index contributed by atoms with van der Waals surface area (Å²) in [7, 11) is 0.764. The molecule has 1 aliphatic carbocycles. The van der Waals surface area contributed by atoms with Crippen molar-refractivity contribution in [3.05, 3.63) is 35.9 Å². The van der Waals surface area contributed by atoms with Crippen molar-refractivity contribution < 1.29 is 37.3 Å². The van der Waals surface area contributed by atoms with Gasteiger partial charge in [-0.15, -0.1) is 0 Å². The molecule has 1 N–H and O–H groups in total. The normalized spacial score (nSPS) is 19.0. The number of alkyl halides is 3. The predicted octanol–water partition coefficient (Wildman–Crippen LogP) is 2.75. The number of ketones is 1. The Labute approximate surface area is 149 Å². The molecule has 0 unspecified atom stereocenters. The maximum Gasteiger partial charge on any atom is 0.432 e. The highest BCUT2D eigenvalue weighted by Crippen LogP contribution is 2.43. The maximum absolute atomic E-state index is 13.9. The summed E-state index contributed by atoms with van der Waals surface area (Å²) in [4.78, 5) is 24.6. The van der Waals surface area contributed by atoms with E-state index in [-0.39, 0.29) is 0 Å². The summed E-state index contributed by atoms with van der Waals surface area (Å²) in [6, 6.07) is 6.40. The molecule has 0 aliphatic heterocycles. The number of rotatable bonds is 7. The lowest BCUT2D eigenvalue weighted by molar-refractivity contribution is -0.278. The lowest BCUT2D eigenvalue weighted by atomic mass is 9.91. The van der Waals surface area contributed by atoms with Crippen molar-refractivity contribution in [2.24, 2.45) is 5.92 Å². The molecule has 1 aliphatic rings. The Hall–Kier alpha value is -1.93. The monoisotopic (exact) mass is 374 g/mol. The topological polar surface area (TPSA) is 72.8 Å². The molecule has 1 aromatic rings. The largest absolute Gasteiger partial charge is 0.451 e. The van der Waals surface area contributed by atoms with Gasteiger partial charge in [-0.25, -0.2) is 4.79 Å². The summed E-state index contributed by atoms with van der Waals surface area (Å²) in [5, 5.41) is 9.12. The smallest absolute Gasteiger partial charge is 0.432 e. The number of benzene rings is 1. The Morgan fingerprint density at radius 1 is 1.19 bits per heavy atom. The molecule has 0 heterocycles. The number of carbonyl (C=O) groups excluding carboxylic acids is 2. The SMILES string of the molecule is CO[C@@](C(=O)O[C@H](C(=O)CO)C1CCCC1)(c1ccccc1)C(F)(F)F. The molecule has 0 spiro atoms. The van der Waals surface area contributed by atoms with E-state index in [4.69, 9.17) is 9.84 Å². The highest BCUT2D eigenvalue weighted by Gasteiger charge is 2.64. The Bertz CT molecular complexity index is 625. The first-order valence-corrected chi connectivity index (χ1v) is 8.30. The molecule has 0 radical (unpaired) electrons. The minimum atomic E-state index is -5.11. The first kappa shape index (κ1) is 20.4. The fraction of sp³-hybridized carbons (Fsp3) is 0.556. The molecule has 2 rings (SSSR count). The van der Waals surface area contributed by atoms with Crippen LogP contribution in [0.5, 0.6) is 0 Å². The zero-order valence-corrected chi connectivity index (χ0v) is 14.3. The zero-order chi connectivity index (χ0) is 19.4. The summed E-state index contributed by atoms with van der Waals surface area (Å²) in [5.74, 6) is -2.93. The standard InChI is InChI=1S/C18H21F3O5/c1-25-17(18(19,20)21,13-9-3-2-4-10-13)16(24)26-15(14(23)11-22)12-7-5-6-8-12/h2-4,9-10,12,15,22H,5-8,11H2,1H3/t15-,17+/m0/s1. The molecule has 1 saturated carbocycles. The number of ether oxygens (including phenoxy) is 2. The number of hydrogen-bond donors (Lipinski definition) is 1. The van der Waals surface area contributed by atoms with Crippen LogP contribution in [0.3, 0.4) is 0 Å². The second kappa shape index (κ2) is 8.18. The summed E-state index contributed by atoms with van der Waals surface area (Å²) < 4.78 is 51.3. The molecular weight excluding hydrogens is 353 g/mol. The lowest BCUT2D eigenvalue weighted by Gasteiger charge is -2.34. The summed E-state index contributed by atoms with van der Waals surface area (Å²) in [5.41, 5.74) is -3.79. The number of carbonyl (C=O) groups is 2. The summed E-state index contributed by atoms with van der Waals surface area (Å²) in [6.45, 7) is -0.911. The molecule has 8 heteroatoms. The molecule has 2 atom stereocenters. The van der Waals surface area contributed by atoms with Crippen molar-refractivity contribution in [3.8, 4) is 0 Å². The van der Waals surface area contributed by atoms with Crippen molar-refractivity contribution in [2.75, 3.05) is 13.7 Å². The van der Waals surface area contributed by atoms with Gasteiger partial charge in [-0.3, -0.25) is 4.79 Å². The predicted molar refractivity (Wildman–Crippen MR) is 85.1 cm³/mol. The van der Waals surface area contributed by atoms with E-state index in [2.05, 4.69) is 4.74 Å². The Balaban J connectivity index is 2.41. The average molecular weight is 374 g/mol. The minimum absolute atomic E-state index is 0.405. The van der Waals surface area contributed by atoms with E-state index in [1.54, 1.807) is 0 Å². The van der Waals surface area contributed by atoms with Gasteiger partial charge in [-0.05, 0) is 12.8 Å². The number of halogens is 3. The van der Waals surface area contributed by atoms with Crippen LogP contribution in [0.1, 0.15) is 31.2 Å². The number of aliphatic hydroxyl groups is 1. The van der Waals surface area contributed by atoms with Gasteiger partial charge in [0.15, 0.2) is 11.9 Å². The van der Waals surface area contributed by atoms with Gasteiger partial charge in [0, 0.05) is 18.6 Å². The molecule has 0 aromatic heterocycles. The van der Waals surface area contributed by atoms with E-state index in [0.717, 1.165) is 32.1 Å². The molecule has 5 nitrogen and oxygen atoms in total. The average Bonchev–Trinajstić information content (AvgIpc) is 3.14. The van der Waals surface area contributed by atoms with Crippen LogP contribution in [0.15, 0.2) is 30.3 Å². The van der Waals surface area contributed by atoms with Crippen molar-refractivity contribution >= 4 is 11.8 Å². The molecule has 0 saturated heterocycles. The van der Waals surface area contributed by atoms with Crippen molar-refractivity contribution in [3.63, 3.8) is 0 Å². The summed E-state index contributed by atoms with van der Waals surface area (Å²) in [6.07, 6.45) is -3.88. The van der Waals surface area contributed by atoms with E-state index in [0.29, 0.717) is 12.8 Å². The Morgan fingerprint density at radius 3 is 2.23 bits per heavy atom. The van der Waals surface area contributed by atoms with Gasteiger partial charge in [0.2, 0.25) is 0 Å². The second-order valence-corrected chi connectivity index (χ2v) is 6.24. The number of hydrogen-bond acceptors (Lipinski definition) is 5. The number of aliphatic hydroxyl groups excluding tert-OH is 1. The number of esters is 1. The van der Waals surface area contributed by atoms with Crippen LogP contribution < -0.4 is 0 Å². The highest BCUT2D eigenvalue weighted by atomic mass is 19.4. The molecule has 0 bridgehead atoms. The van der Waals surface area contributed by atoms with E-state index in [1.165, 1.54) is 18.2 Å². The van der Waals surface area contributed by atoms with Crippen LogP contribution in [0.4, 0.5) is 13.2 Å². The van der Waals surface area contributed by atoms with Crippen LogP contribution in [-0.4, -0.2) is 42.9 Å². The Kier molecular flexibility index (Phi) is 6.41. The third-order valence-corrected chi connectivity index (χ3v) is 4.71. The van der Waals surface area contributed by atoms with Gasteiger partial charge in [-0.1, -0.05) is 43.2 Å². The van der Waals surface area contributed by atoms with Crippen molar-refractivity contribution in [1.29, 1.82) is 0 Å². The van der Waals surface area contributed by atoms with Crippen LogP contribution in [-0.2, 0) is 24.7 Å². The van der Waals surface area contributed by atoms with Gasteiger partial charge in [-0.2, -0.15) is 13.2 Å². The minimum Gasteiger partial charge on any atom is -0.451 e. The first-order chi connectivity index (χ1) is 12.3. The first-order valence-electron chi connectivity index (χ1n) is 8.30. The van der Waals surface area contributed by atoms with Crippen LogP contribution in [0.25, 0.3) is 0 Å². The van der Waals surface area contributed by atoms with Crippen LogP contribution >= 0.6 is 0 Å². The van der Waals surface area contributed by atoms with Gasteiger partial charge in [0.1, 0.15) is 6.61 Å². The van der Waals surface area contributed by atoms with Gasteiger partial charge in [0.05, 0.1) is 0 Å². The maximum atomic E-state index is 13.9. The van der Waals surface area contributed by atoms with Crippen molar-refractivity contribution in [1.82, 2.24) is 0 Å². The lowest BCUT2D eigenvalue weighted by Crippen LogP contribution is -2.53. The highest BCUT2D eigenvalue weighted by molar-refractivity contribution is 5.89. The van der Waals surface area contributed by atoms with E-state index >= 15 is 0 Å². The van der Waals surface area contributed by atoms with Gasteiger partial charge in [0.25, 0.3) is 5.60 Å². The third kappa shape index (κ3) is 3.76. The molecule has 1 aromatic carbocycles.